The fourth-order valence-corrected chi connectivity index (χ4v) is 0.645. The second-order valence-corrected chi connectivity index (χ2v) is 1.94. The molecule has 1 rings (SSSR count). The van der Waals surface area contributed by atoms with Crippen LogP contribution < -0.4 is 5.73 Å². The van der Waals surface area contributed by atoms with Crippen molar-refractivity contribution in [2.45, 2.75) is 27.2 Å². The number of anilines is 1. The van der Waals surface area contributed by atoms with Crippen molar-refractivity contribution in [2.75, 3.05) is 5.73 Å². The van der Waals surface area contributed by atoms with Gasteiger partial charge in [-0.15, -0.1) is 0 Å². The number of nitrogens with two attached hydrogens (primary N) is 1. The highest BCUT2D eigenvalue weighted by Crippen LogP contribution is 2.00. The number of hydrogen-bond acceptors (Lipinski definition) is 2. The number of nitrogen functional groups attached to an aromatic ring is 1. The van der Waals surface area contributed by atoms with E-state index in [0.717, 1.165) is 6.42 Å². The van der Waals surface area contributed by atoms with Gasteiger partial charge in [-0.25, -0.2) is 4.98 Å². The highest BCUT2D eigenvalue weighted by Gasteiger charge is 1.86. The summed E-state index contributed by atoms with van der Waals surface area (Å²) in [5, 5.41) is 0. The van der Waals surface area contributed by atoms with Gasteiger partial charge in [-0.05, 0) is 18.1 Å². The molecule has 2 heteroatoms. The first-order chi connectivity index (χ1) is 5.33. The maximum absolute atomic E-state index is 5.37. The molecule has 0 unspecified atom stereocenters. The molecule has 1 aromatic heterocycles. The van der Waals surface area contributed by atoms with E-state index in [1.807, 2.05) is 26.0 Å². The molecule has 0 aliphatic carbocycles. The van der Waals surface area contributed by atoms with Crippen LogP contribution in [0, 0.1) is 0 Å². The number of nitrogens with zero attached hydrogens (tertiary/aromatic N) is 1. The van der Waals surface area contributed by atoms with E-state index < -0.39 is 0 Å². The van der Waals surface area contributed by atoms with Crippen molar-refractivity contribution in [3.8, 4) is 0 Å². The molecule has 0 aromatic carbocycles. The maximum atomic E-state index is 5.37. The van der Waals surface area contributed by atoms with Gasteiger partial charge in [0.25, 0.3) is 0 Å². The maximum Gasteiger partial charge on any atom is 0.123 e. The first kappa shape index (κ1) is 9.95. The molecule has 0 amide bonds. The molecule has 11 heavy (non-hydrogen) atoms. The molecule has 0 spiro atoms. The van der Waals surface area contributed by atoms with Crippen LogP contribution in [0.15, 0.2) is 18.3 Å². The Balaban J connectivity index is 0.000000461. The van der Waals surface area contributed by atoms with E-state index in [1.165, 1.54) is 5.56 Å². The predicted molar refractivity (Wildman–Crippen MR) is 49.4 cm³/mol. The quantitative estimate of drug-likeness (QED) is 0.670. The summed E-state index contributed by atoms with van der Waals surface area (Å²) in [6, 6.07) is 3.81. The summed E-state index contributed by atoms with van der Waals surface area (Å²) >= 11 is 0. The average molecular weight is 152 g/mol. The summed E-state index contributed by atoms with van der Waals surface area (Å²) in [6.07, 6.45) is 2.82. The largest absolute Gasteiger partial charge is 0.384 e. The second kappa shape index (κ2) is 5.71. The smallest absolute Gasteiger partial charge is 0.123 e. The zero-order valence-corrected chi connectivity index (χ0v) is 7.46. The Hall–Kier alpha value is -1.05. The van der Waals surface area contributed by atoms with Crippen LogP contribution in [-0.4, -0.2) is 4.98 Å². The summed E-state index contributed by atoms with van der Waals surface area (Å²) < 4.78 is 0. The van der Waals surface area contributed by atoms with Gasteiger partial charge in [0, 0.05) is 6.20 Å². The topological polar surface area (TPSA) is 38.9 Å². The molecule has 1 heterocycles. The number of rotatable bonds is 1. The van der Waals surface area contributed by atoms with Crippen LogP contribution in [-0.2, 0) is 6.42 Å². The van der Waals surface area contributed by atoms with Crippen LogP contribution in [0.4, 0.5) is 5.82 Å². The Labute approximate surface area is 68.5 Å². The fourth-order valence-electron chi connectivity index (χ4n) is 0.645. The zero-order chi connectivity index (χ0) is 8.69. The number of hydrogen-bond donors (Lipinski definition) is 1. The third kappa shape index (κ3) is 3.61. The molecule has 0 saturated heterocycles. The van der Waals surface area contributed by atoms with Crippen LogP contribution in [0.1, 0.15) is 26.3 Å². The van der Waals surface area contributed by atoms with Gasteiger partial charge >= 0.3 is 0 Å². The Kier molecular flexibility index (Phi) is 5.17. The molecule has 0 bridgehead atoms. The molecule has 1 aromatic rings. The summed E-state index contributed by atoms with van der Waals surface area (Å²) in [7, 11) is 0. The van der Waals surface area contributed by atoms with Crippen LogP contribution >= 0.6 is 0 Å². The van der Waals surface area contributed by atoms with Gasteiger partial charge < -0.3 is 5.73 Å². The molecular formula is C9H16N2. The predicted octanol–water partition coefficient (Wildman–Crippen LogP) is 2.25. The number of aromatic nitrogens is 1. The third-order valence-corrected chi connectivity index (χ3v) is 1.26. The van der Waals surface area contributed by atoms with Gasteiger partial charge in [0.1, 0.15) is 5.82 Å². The average Bonchev–Trinajstić information content (AvgIpc) is 2.10. The molecule has 0 aliphatic rings. The van der Waals surface area contributed by atoms with Crippen molar-refractivity contribution in [2.24, 2.45) is 0 Å². The lowest BCUT2D eigenvalue weighted by atomic mass is 10.2. The molecular weight excluding hydrogens is 136 g/mol. The van der Waals surface area contributed by atoms with Crippen molar-refractivity contribution >= 4 is 5.82 Å². The third-order valence-electron chi connectivity index (χ3n) is 1.26. The SMILES string of the molecule is CC.CCc1ccc(N)nc1. The van der Waals surface area contributed by atoms with E-state index in [0.29, 0.717) is 5.82 Å². The van der Waals surface area contributed by atoms with Crippen LogP contribution in [0.25, 0.3) is 0 Å². The van der Waals surface area contributed by atoms with Gasteiger partial charge in [-0.1, -0.05) is 26.8 Å². The molecule has 0 atom stereocenters. The van der Waals surface area contributed by atoms with Crippen molar-refractivity contribution in [3.63, 3.8) is 0 Å². The van der Waals surface area contributed by atoms with E-state index in [1.54, 1.807) is 6.20 Å². The van der Waals surface area contributed by atoms with E-state index in [2.05, 4.69) is 11.9 Å². The van der Waals surface area contributed by atoms with Gasteiger partial charge in [0.15, 0.2) is 0 Å². The van der Waals surface area contributed by atoms with E-state index in [-0.39, 0.29) is 0 Å². The van der Waals surface area contributed by atoms with Crippen molar-refractivity contribution in [1.82, 2.24) is 4.98 Å². The van der Waals surface area contributed by atoms with Gasteiger partial charge in [-0.2, -0.15) is 0 Å². The lowest BCUT2D eigenvalue weighted by Gasteiger charge is -1.93. The lowest BCUT2D eigenvalue weighted by molar-refractivity contribution is 1.11. The Bertz CT molecular complexity index is 179. The Morgan fingerprint density at radius 2 is 2.00 bits per heavy atom. The van der Waals surface area contributed by atoms with Crippen LogP contribution in [0.3, 0.4) is 0 Å². The molecule has 62 valence electrons. The second-order valence-electron chi connectivity index (χ2n) is 1.94. The van der Waals surface area contributed by atoms with Crippen LogP contribution in [0.2, 0.25) is 0 Å². The highest BCUT2D eigenvalue weighted by molar-refractivity contribution is 5.29. The molecule has 2 N–H and O–H groups in total. The Morgan fingerprint density at radius 1 is 1.36 bits per heavy atom. The summed E-state index contributed by atoms with van der Waals surface area (Å²) in [6.45, 7) is 6.09. The van der Waals surface area contributed by atoms with E-state index >= 15 is 0 Å². The standard InChI is InChI=1S/C7H10N2.C2H6/c1-2-6-3-4-7(8)9-5-6;1-2/h3-5H,2H2,1H3,(H2,8,9);1-2H3. The monoisotopic (exact) mass is 152 g/mol. The number of pyridine rings is 1. The first-order valence-corrected chi connectivity index (χ1v) is 4.03. The van der Waals surface area contributed by atoms with Crippen molar-refractivity contribution < 1.29 is 0 Å². The summed E-state index contributed by atoms with van der Waals surface area (Å²) in [5.41, 5.74) is 6.60. The molecule has 0 radical (unpaired) electrons. The van der Waals surface area contributed by atoms with E-state index in [4.69, 9.17) is 5.73 Å². The van der Waals surface area contributed by atoms with Gasteiger partial charge in [0.05, 0.1) is 0 Å². The molecule has 0 fully saturated rings. The van der Waals surface area contributed by atoms with Crippen molar-refractivity contribution in [1.29, 1.82) is 0 Å². The van der Waals surface area contributed by atoms with Crippen molar-refractivity contribution in [3.05, 3.63) is 23.9 Å². The molecule has 0 saturated carbocycles. The summed E-state index contributed by atoms with van der Waals surface area (Å²) in [4.78, 5) is 3.93. The van der Waals surface area contributed by atoms with E-state index in [9.17, 15) is 0 Å². The normalized spacial score (nSPS) is 8.27. The van der Waals surface area contributed by atoms with Gasteiger partial charge in [0.2, 0.25) is 0 Å². The minimum atomic E-state index is 0.590. The Morgan fingerprint density at radius 3 is 2.36 bits per heavy atom. The zero-order valence-electron chi connectivity index (χ0n) is 7.46. The summed E-state index contributed by atoms with van der Waals surface area (Å²) in [5.74, 6) is 0.590. The van der Waals surface area contributed by atoms with Gasteiger partial charge in [-0.3, -0.25) is 0 Å². The minimum Gasteiger partial charge on any atom is -0.384 e. The van der Waals surface area contributed by atoms with Crippen LogP contribution in [0.5, 0.6) is 0 Å². The highest BCUT2D eigenvalue weighted by atomic mass is 14.8. The molecule has 0 aliphatic heterocycles. The first-order valence-electron chi connectivity index (χ1n) is 4.03. The lowest BCUT2D eigenvalue weighted by Crippen LogP contribution is -1.89. The number of aryl methyl sites for hydroxylation is 1. The molecule has 2 nitrogen and oxygen atoms in total. The fraction of sp³-hybridized carbons (Fsp3) is 0.444. The minimum absolute atomic E-state index is 0.590.